The third-order valence-electron chi connectivity index (χ3n) is 5.28. The Bertz CT molecular complexity index is 698. The predicted molar refractivity (Wildman–Crippen MR) is 88.0 cm³/mol. The Kier molecular flexibility index (Phi) is 3.47. The number of hydrogen-bond acceptors (Lipinski definition) is 1. The van der Waals surface area contributed by atoms with Gasteiger partial charge in [-0.1, -0.05) is 47.8 Å². The summed E-state index contributed by atoms with van der Waals surface area (Å²) in [6.45, 7) is 0. The second-order valence-electron chi connectivity index (χ2n) is 6.67. The smallest absolute Gasteiger partial charge is 0.155 e. The molecule has 0 spiro atoms. The van der Waals surface area contributed by atoms with Gasteiger partial charge in [-0.3, -0.25) is 4.79 Å². The largest absolute Gasteiger partial charge is 0.295 e. The van der Waals surface area contributed by atoms with Crippen LogP contribution < -0.4 is 0 Å². The van der Waals surface area contributed by atoms with Crippen LogP contribution in [0.2, 0.25) is 0 Å². The van der Waals surface area contributed by atoms with E-state index >= 15 is 0 Å². The van der Waals surface area contributed by atoms with E-state index in [0.717, 1.165) is 24.8 Å². The van der Waals surface area contributed by atoms with Crippen molar-refractivity contribution in [2.24, 2.45) is 23.7 Å². The molecule has 4 rings (SSSR count). The first-order valence-corrected chi connectivity index (χ1v) is 8.29. The lowest BCUT2D eigenvalue weighted by Gasteiger charge is -2.28. The molecule has 22 heavy (non-hydrogen) atoms. The Morgan fingerprint density at radius 3 is 2.64 bits per heavy atom. The number of rotatable bonds is 1. The number of carbonyl (C=O) groups is 1. The molecule has 110 valence electrons. The van der Waals surface area contributed by atoms with Gasteiger partial charge in [0.25, 0.3) is 0 Å². The van der Waals surface area contributed by atoms with Gasteiger partial charge >= 0.3 is 0 Å². The average Bonchev–Trinajstić information content (AvgIpc) is 3.15. The van der Waals surface area contributed by atoms with Crippen LogP contribution in [-0.2, 0) is 4.79 Å². The van der Waals surface area contributed by atoms with Crippen LogP contribution in [0, 0.1) is 35.5 Å². The van der Waals surface area contributed by atoms with Gasteiger partial charge in [0.05, 0.1) is 0 Å². The molecule has 1 heteroatoms. The number of ketones is 1. The Labute approximate surface area is 132 Å². The average molecular weight is 288 g/mol. The van der Waals surface area contributed by atoms with Gasteiger partial charge in [0.2, 0.25) is 0 Å². The van der Waals surface area contributed by atoms with Crippen LogP contribution >= 0.6 is 0 Å². The molecule has 0 aromatic heterocycles. The molecule has 0 radical (unpaired) electrons. The van der Waals surface area contributed by atoms with Crippen molar-refractivity contribution >= 4 is 5.78 Å². The van der Waals surface area contributed by atoms with E-state index in [1.165, 1.54) is 12.0 Å². The summed E-state index contributed by atoms with van der Waals surface area (Å²) in [5.74, 6) is 9.22. The van der Waals surface area contributed by atoms with Crippen LogP contribution in [0.1, 0.15) is 31.2 Å². The quantitative estimate of drug-likeness (QED) is 0.560. The van der Waals surface area contributed by atoms with Gasteiger partial charge in [0.1, 0.15) is 0 Å². The van der Waals surface area contributed by atoms with Gasteiger partial charge in [-0.25, -0.2) is 0 Å². The summed E-state index contributed by atoms with van der Waals surface area (Å²) < 4.78 is 0. The minimum atomic E-state index is 0.308. The van der Waals surface area contributed by atoms with Crippen LogP contribution in [0.25, 0.3) is 0 Å². The van der Waals surface area contributed by atoms with E-state index in [9.17, 15) is 4.79 Å². The first kappa shape index (κ1) is 13.6. The van der Waals surface area contributed by atoms with Crippen LogP contribution in [0.5, 0.6) is 0 Å². The highest BCUT2D eigenvalue weighted by molar-refractivity contribution is 5.91. The molecular formula is C21H20O. The van der Waals surface area contributed by atoms with E-state index in [-0.39, 0.29) is 0 Å². The zero-order valence-electron chi connectivity index (χ0n) is 12.7. The molecule has 4 atom stereocenters. The topological polar surface area (TPSA) is 17.1 Å². The van der Waals surface area contributed by atoms with E-state index in [4.69, 9.17) is 0 Å². The van der Waals surface area contributed by atoms with Gasteiger partial charge in [0, 0.05) is 23.8 Å². The maximum Gasteiger partial charge on any atom is 0.155 e. The molecular weight excluding hydrogens is 268 g/mol. The molecule has 1 saturated carbocycles. The van der Waals surface area contributed by atoms with Gasteiger partial charge < -0.3 is 0 Å². The highest BCUT2D eigenvalue weighted by Gasteiger charge is 2.45. The van der Waals surface area contributed by atoms with Crippen molar-refractivity contribution in [2.45, 2.75) is 25.7 Å². The molecule has 1 aromatic carbocycles. The van der Waals surface area contributed by atoms with Crippen molar-refractivity contribution in [3.63, 3.8) is 0 Å². The van der Waals surface area contributed by atoms with Gasteiger partial charge in [-0.15, -0.1) is 0 Å². The molecule has 0 N–H and O–H groups in total. The van der Waals surface area contributed by atoms with Crippen LogP contribution in [0.3, 0.4) is 0 Å². The fourth-order valence-electron chi connectivity index (χ4n) is 4.29. The number of carbonyl (C=O) groups excluding carboxylic acids is 1. The molecule has 0 unspecified atom stereocenters. The third kappa shape index (κ3) is 2.44. The molecule has 3 aliphatic carbocycles. The molecule has 0 saturated heterocycles. The van der Waals surface area contributed by atoms with Gasteiger partial charge in [-0.05, 0) is 49.3 Å². The number of allylic oxidation sites excluding steroid dienone is 4. The molecule has 0 aliphatic heterocycles. The summed E-state index contributed by atoms with van der Waals surface area (Å²) in [6, 6.07) is 10.2. The normalized spacial score (nSPS) is 32.5. The summed E-state index contributed by atoms with van der Waals surface area (Å²) in [4.78, 5) is 11.8. The van der Waals surface area contributed by atoms with Crippen LogP contribution in [0.4, 0.5) is 0 Å². The van der Waals surface area contributed by atoms with Crippen molar-refractivity contribution in [1.82, 2.24) is 0 Å². The summed E-state index contributed by atoms with van der Waals surface area (Å²) in [7, 11) is 0. The Balaban J connectivity index is 1.64. The fourth-order valence-corrected chi connectivity index (χ4v) is 4.29. The van der Waals surface area contributed by atoms with E-state index in [2.05, 4.69) is 36.1 Å². The number of fused-ring (bicyclic) bond motifs is 2. The second kappa shape index (κ2) is 5.61. The maximum absolute atomic E-state index is 11.8. The zero-order valence-corrected chi connectivity index (χ0v) is 12.7. The second-order valence-corrected chi connectivity index (χ2v) is 6.67. The summed E-state index contributed by atoms with van der Waals surface area (Å²) >= 11 is 0. The molecule has 0 amide bonds. The Morgan fingerprint density at radius 1 is 1.00 bits per heavy atom. The van der Waals surface area contributed by atoms with Gasteiger partial charge in [-0.2, -0.15) is 0 Å². The van der Waals surface area contributed by atoms with Crippen molar-refractivity contribution in [1.29, 1.82) is 0 Å². The highest BCUT2D eigenvalue weighted by atomic mass is 16.1. The highest BCUT2D eigenvalue weighted by Crippen LogP contribution is 2.52. The molecule has 1 fully saturated rings. The third-order valence-corrected chi connectivity index (χ3v) is 5.28. The molecule has 3 aliphatic rings. The van der Waals surface area contributed by atoms with Crippen molar-refractivity contribution in [3.05, 3.63) is 59.7 Å². The Morgan fingerprint density at radius 2 is 1.82 bits per heavy atom. The monoisotopic (exact) mass is 288 g/mol. The predicted octanol–water partition coefficient (Wildman–Crippen LogP) is 4.16. The first-order valence-electron chi connectivity index (χ1n) is 8.29. The maximum atomic E-state index is 11.8. The minimum absolute atomic E-state index is 0.308. The van der Waals surface area contributed by atoms with Crippen molar-refractivity contribution in [3.8, 4) is 11.8 Å². The summed E-state index contributed by atoms with van der Waals surface area (Å²) in [5.41, 5.74) is 2.45. The molecule has 0 heterocycles. The van der Waals surface area contributed by atoms with E-state index in [1.54, 1.807) is 0 Å². The van der Waals surface area contributed by atoms with E-state index < -0.39 is 0 Å². The SMILES string of the molecule is O=C1C=C([C@H]2[C@@H](C#Cc3ccccc3)[C@@H]3C=C[C@H]2C3)CCC1. The lowest BCUT2D eigenvalue weighted by atomic mass is 9.75. The number of benzene rings is 1. The van der Waals surface area contributed by atoms with E-state index in [0.29, 0.717) is 29.5 Å². The standard InChI is InChI=1S/C21H20O/c22-19-8-4-7-17(14-19)21-18-11-10-16(13-18)20(21)12-9-15-5-2-1-3-6-15/h1-3,5-6,10-11,14,16,18,20-21H,4,7-8,13H2/t16-,18+,20+,21-/m1/s1. The van der Waals surface area contributed by atoms with Gasteiger partial charge in [0.15, 0.2) is 5.78 Å². The summed E-state index contributed by atoms with van der Waals surface area (Å²) in [5, 5.41) is 0. The van der Waals surface area contributed by atoms with Crippen molar-refractivity contribution < 1.29 is 4.79 Å². The number of hydrogen-bond donors (Lipinski definition) is 0. The zero-order chi connectivity index (χ0) is 14.9. The molecule has 2 bridgehead atoms. The molecule has 1 nitrogen and oxygen atoms in total. The molecule has 1 aromatic rings. The fraction of sp³-hybridized carbons (Fsp3) is 0.381. The lowest BCUT2D eigenvalue weighted by molar-refractivity contribution is -0.115. The van der Waals surface area contributed by atoms with Crippen molar-refractivity contribution in [2.75, 3.05) is 0 Å². The first-order chi connectivity index (χ1) is 10.8. The Hall–Kier alpha value is -2.07. The minimum Gasteiger partial charge on any atom is -0.295 e. The summed E-state index contributed by atoms with van der Waals surface area (Å²) in [6.07, 6.45) is 10.7. The van der Waals surface area contributed by atoms with Crippen LogP contribution in [0.15, 0.2) is 54.1 Å². The lowest BCUT2D eigenvalue weighted by Crippen LogP contribution is -2.22. The van der Waals surface area contributed by atoms with Crippen LogP contribution in [-0.4, -0.2) is 5.78 Å². The van der Waals surface area contributed by atoms with E-state index in [1.807, 2.05) is 24.3 Å².